The SMILES string of the molecule is C=CCN(CC)C(=O)c1csc(C(=O)O)n1. The second-order valence-corrected chi connectivity index (χ2v) is 3.83. The van der Waals surface area contributed by atoms with E-state index in [-0.39, 0.29) is 16.6 Å². The first-order valence-electron chi connectivity index (χ1n) is 4.69. The minimum Gasteiger partial charge on any atom is -0.476 e. The molecule has 1 aromatic rings. The molecule has 0 aliphatic carbocycles. The van der Waals surface area contributed by atoms with Gasteiger partial charge in [-0.1, -0.05) is 6.08 Å². The first-order chi connectivity index (χ1) is 7.60. The largest absolute Gasteiger partial charge is 0.476 e. The van der Waals surface area contributed by atoms with Crippen LogP contribution in [-0.2, 0) is 0 Å². The van der Waals surface area contributed by atoms with E-state index >= 15 is 0 Å². The number of nitrogens with zero attached hydrogens (tertiary/aromatic N) is 2. The van der Waals surface area contributed by atoms with Gasteiger partial charge in [-0.15, -0.1) is 17.9 Å². The highest BCUT2D eigenvalue weighted by Crippen LogP contribution is 2.11. The van der Waals surface area contributed by atoms with E-state index in [0.29, 0.717) is 13.1 Å². The Bertz CT molecular complexity index is 414. The number of thiazole rings is 1. The standard InChI is InChI=1S/C10H12N2O3S/c1-3-5-12(4-2)9(13)7-6-16-8(11-7)10(14)15/h3,6H,1,4-5H2,2H3,(H,14,15). The molecular formula is C10H12N2O3S. The summed E-state index contributed by atoms with van der Waals surface area (Å²) < 4.78 is 0. The zero-order chi connectivity index (χ0) is 12.1. The third kappa shape index (κ3) is 2.66. The van der Waals surface area contributed by atoms with Crippen molar-refractivity contribution in [3.8, 4) is 0 Å². The molecule has 1 rings (SSSR count). The normalized spacial score (nSPS) is 9.81. The Morgan fingerprint density at radius 2 is 2.38 bits per heavy atom. The molecule has 1 aromatic heterocycles. The molecule has 1 N–H and O–H groups in total. The fourth-order valence-electron chi connectivity index (χ4n) is 1.14. The third-order valence-electron chi connectivity index (χ3n) is 1.92. The molecule has 0 radical (unpaired) electrons. The second kappa shape index (κ2) is 5.41. The first-order valence-corrected chi connectivity index (χ1v) is 5.57. The van der Waals surface area contributed by atoms with Gasteiger partial charge in [-0.25, -0.2) is 9.78 Å². The number of hydrogen-bond acceptors (Lipinski definition) is 4. The van der Waals surface area contributed by atoms with E-state index in [1.807, 2.05) is 6.92 Å². The van der Waals surface area contributed by atoms with Gasteiger partial charge in [0.2, 0.25) is 5.01 Å². The van der Waals surface area contributed by atoms with Crippen molar-refractivity contribution in [2.45, 2.75) is 6.92 Å². The van der Waals surface area contributed by atoms with Crippen LogP contribution in [0.1, 0.15) is 27.2 Å². The molecule has 6 heteroatoms. The smallest absolute Gasteiger partial charge is 0.365 e. The van der Waals surface area contributed by atoms with Crippen molar-refractivity contribution >= 4 is 23.2 Å². The predicted octanol–water partition coefficient (Wildman–Crippen LogP) is 1.49. The van der Waals surface area contributed by atoms with E-state index in [4.69, 9.17) is 5.11 Å². The summed E-state index contributed by atoms with van der Waals surface area (Å²) in [7, 11) is 0. The molecule has 16 heavy (non-hydrogen) atoms. The lowest BCUT2D eigenvalue weighted by atomic mass is 10.3. The van der Waals surface area contributed by atoms with Gasteiger partial charge in [0.05, 0.1) is 0 Å². The van der Waals surface area contributed by atoms with E-state index < -0.39 is 5.97 Å². The van der Waals surface area contributed by atoms with Crippen LogP contribution in [0, 0.1) is 0 Å². The highest BCUT2D eigenvalue weighted by atomic mass is 32.1. The van der Waals surface area contributed by atoms with Crippen molar-refractivity contribution in [3.05, 3.63) is 28.7 Å². The summed E-state index contributed by atoms with van der Waals surface area (Å²) in [5.74, 6) is -1.39. The van der Waals surface area contributed by atoms with E-state index in [0.717, 1.165) is 11.3 Å². The summed E-state index contributed by atoms with van der Waals surface area (Å²) in [6, 6.07) is 0. The zero-order valence-electron chi connectivity index (χ0n) is 8.84. The predicted molar refractivity (Wildman–Crippen MR) is 60.8 cm³/mol. The van der Waals surface area contributed by atoms with Crippen LogP contribution in [0.4, 0.5) is 0 Å². The maximum absolute atomic E-state index is 11.8. The summed E-state index contributed by atoms with van der Waals surface area (Å²) in [5.41, 5.74) is 0.172. The maximum Gasteiger partial charge on any atom is 0.365 e. The maximum atomic E-state index is 11.8. The molecule has 0 saturated carbocycles. The molecule has 0 aliphatic rings. The summed E-state index contributed by atoms with van der Waals surface area (Å²) >= 11 is 0.948. The van der Waals surface area contributed by atoms with Crippen LogP contribution in [0.25, 0.3) is 0 Å². The molecule has 1 heterocycles. The first kappa shape index (κ1) is 12.4. The highest BCUT2D eigenvalue weighted by Gasteiger charge is 2.18. The van der Waals surface area contributed by atoms with Crippen LogP contribution < -0.4 is 0 Å². The number of carbonyl (C=O) groups is 2. The molecule has 86 valence electrons. The molecule has 0 fully saturated rings. The number of carboxylic acid groups (broad SMARTS) is 1. The molecular weight excluding hydrogens is 228 g/mol. The van der Waals surface area contributed by atoms with E-state index in [9.17, 15) is 9.59 Å². The molecule has 0 aliphatic heterocycles. The quantitative estimate of drug-likeness (QED) is 0.791. The number of carboxylic acids is 1. The Kier molecular flexibility index (Phi) is 4.19. The summed E-state index contributed by atoms with van der Waals surface area (Å²) in [5, 5.41) is 10.1. The minimum absolute atomic E-state index is 0.0713. The van der Waals surface area contributed by atoms with Crippen LogP contribution in [0.5, 0.6) is 0 Å². The second-order valence-electron chi connectivity index (χ2n) is 2.98. The van der Waals surface area contributed by atoms with Crippen LogP contribution in [-0.4, -0.2) is 40.0 Å². The Labute approximate surface area is 97.0 Å². The van der Waals surface area contributed by atoms with Gasteiger partial charge in [-0.2, -0.15) is 0 Å². The summed E-state index contributed by atoms with van der Waals surface area (Å²) in [6.45, 7) is 6.35. The van der Waals surface area contributed by atoms with Crippen LogP contribution >= 0.6 is 11.3 Å². The summed E-state index contributed by atoms with van der Waals surface area (Å²) in [6.07, 6.45) is 1.62. The van der Waals surface area contributed by atoms with Crippen molar-refractivity contribution in [2.24, 2.45) is 0 Å². The van der Waals surface area contributed by atoms with Crippen molar-refractivity contribution in [2.75, 3.05) is 13.1 Å². The monoisotopic (exact) mass is 240 g/mol. The van der Waals surface area contributed by atoms with Gasteiger partial charge in [-0.3, -0.25) is 4.79 Å². The van der Waals surface area contributed by atoms with E-state index in [2.05, 4.69) is 11.6 Å². The van der Waals surface area contributed by atoms with Crippen LogP contribution in [0.15, 0.2) is 18.0 Å². The lowest BCUT2D eigenvalue weighted by molar-refractivity contribution is 0.0696. The van der Waals surface area contributed by atoms with Crippen LogP contribution in [0.3, 0.4) is 0 Å². The molecule has 0 saturated heterocycles. The number of aromatic carboxylic acids is 1. The highest BCUT2D eigenvalue weighted by molar-refractivity contribution is 7.11. The number of rotatable bonds is 5. The number of likely N-dealkylation sites (N-methyl/N-ethyl adjacent to an activating group) is 1. The zero-order valence-corrected chi connectivity index (χ0v) is 9.66. The fraction of sp³-hybridized carbons (Fsp3) is 0.300. The molecule has 1 amide bonds. The van der Waals surface area contributed by atoms with Gasteiger partial charge in [0.1, 0.15) is 5.69 Å². The molecule has 0 bridgehead atoms. The molecule has 5 nitrogen and oxygen atoms in total. The fourth-order valence-corrected chi connectivity index (χ4v) is 1.77. The molecule has 0 spiro atoms. The van der Waals surface area contributed by atoms with Crippen molar-refractivity contribution < 1.29 is 14.7 Å². The average molecular weight is 240 g/mol. The number of hydrogen-bond donors (Lipinski definition) is 1. The lowest BCUT2D eigenvalue weighted by Crippen LogP contribution is -2.31. The van der Waals surface area contributed by atoms with Gasteiger partial charge >= 0.3 is 5.97 Å². The third-order valence-corrected chi connectivity index (χ3v) is 2.75. The Morgan fingerprint density at radius 1 is 1.69 bits per heavy atom. The van der Waals surface area contributed by atoms with Crippen LogP contribution in [0.2, 0.25) is 0 Å². The number of carbonyl (C=O) groups excluding carboxylic acids is 1. The van der Waals surface area contributed by atoms with Gasteiger partial charge in [-0.05, 0) is 6.92 Å². The summed E-state index contributed by atoms with van der Waals surface area (Å²) in [4.78, 5) is 27.7. The average Bonchev–Trinajstić information content (AvgIpc) is 2.74. The Morgan fingerprint density at radius 3 is 2.81 bits per heavy atom. The number of amides is 1. The van der Waals surface area contributed by atoms with Gasteiger partial charge in [0, 0.05) is 18.5 Å². The molecule has 0 atom stereocenters. The lowest BCUT2D eigenvalue weighted by Gasteiger charge is -2.17. The molecule has 0 unspecified atom stereocenters. The minimum atomic E-state index is -1.11. The van der Waals surface area contributed by atoms with Gasteiger partial charge in [0.15, 0.2) is 0 Å². The Balaban J connectivity index is 2.86. The topological polar surface area (TPSA) is 70.5 Å². The number of aromatic nitrogens is 1. The van der Waals surface area contributed by atoms with Gasteiger partial charge < -0.3 is 10.0 Å². The van der Waals surface area contributed by atoms with E-state index in [1.165, 1.54) is 10.3 Å². The van der Waals surface area contributed by atoms with Crippen molar-refractivity contribution in [3.63, 3.8) is 0 Å². The van der Waals surface area contributed by atoms with E-state index in [1.54, 1.807) is 6.08 Å². The Hall–Kier alpha value is -1.69. The van der Waals surface area contributed by atoms with Crippen molar-refractivity contribution in [1.29, 1.82) is 0 Å². The molecule has 0 aromatic carbocycles. The van der Waals surface area contributed by atoms with Crippen molar-refractivity contribution in [1.82, 2.24) is 9.88 Å². The van der Waals surface area contributed by atoms with Gasteiger partial charge in [0.25, 0.3) is 5.91 Å².